The Bertz CT molecular complexity index is 1500. The average Bonchev–Trinajstić information content (AvgIpc) is 3.29. The van der Waals surface area contributed by atoms with Crippen LogP contribution >= 0.6 is 0 Å². The number of nitrogens with one attached hydrogen (secondary N) is 1. The van der Waals surface area contributed by atoms with Crippen LogP contribution in [-0.2, 0) is 0 Å². The summed E-state index contributed by atoms with van der Waals surface area (Å²) < 4.78 is 7.12. The molecule has 0 aliphatic heterocycles. The molecular weight excluding hydrogens is 366 g/mol. The standard InChI is InChI=1S/C22H15N5O2/c1-12-9-10-16-15(11-12)25-21(29-16)17-13(2)24-20-18(14-7-5-4-6-8-14)19(23-3)26-27(20)22(17)28/h4-11,26H,1-2H3. The molecular formula is C22H15N5O2. The van der Waals surface area contributed by atoms with Gasteiger partial charge >= 0.3 is 5.56 Å². The van der Waals surface area contributed by atoms with Crippen LogP contribution in [0, 0.1) is 20.4 Å². The van der Waals surface area contributed by atoms with Crippen molar-refractivity contribution in [2.45, 2.75) is 13.8 Å². The highest BCUT2D eigenvalue weighted by Gasteiger charge is 2.23. The van der Waals surface area contributed by atoms with Crippen molar-refractivity contribution < 1.29 is 4.42 Å². The quantitative estimate of drug-likeness (QED) is 0.451. The monoisotopic (exact) mass is 381 g/mol. The minimum Gasteiger partial charge on any atom is -0.436 e. The van der Waals surface area contributed by atoms with Crippen LogP contribution in [0.2, 0.25) is 0 Å². The molecule has 3 heterocycles. The first-order valence-corrected chi connectivity index (χ1v) is 9.02. The van der Waals surface area contributed by atoms with Crippen LogP contribution in [0.3, 0.4) is 0 Å². The summed E-state index contributed by atoms with van der Waals surface area (Å²) in [4.78, 5) is 26.0. The summed E-state index contributed by atoms with van der Waals surface area (Å²) in [5.41, 5.74) is 4.56. The number of oxazole rings is 1. The van der Waals surface area contributed by atoms with Crippen molar-refractivity contribution in [1.82, 2.24) is 19.6 Å². The number of aromatic amines is 1. The van der Waals surface area contributed by atoms with E-state index in [-0.39, 0.29) is 22.8 Å². The number of hydrogen-bond donors (Lipinski definition) is 1. The van der Waals surface area contributed by atoms with Gasteiger partial charge in [0.1, 0.15) is 11.1 Å². The van der Waals surface area contributed by atoms with Gasteiger partial charge in [0.2, 0.25) is 5.89 Å². The maximum absolute atomic E-state index is 13.3. The van der Waals surface area contributed by atoms with E-state index in [1.807, 2.05) is 55.5 Å². The average molecular weight is 381 g/mol. The van der Waals surface area contributed by atoms with Crippen molar-refractivity contribution >= 4 is 22.6 Å². The number of H-pyrrole nitrogens is 1. The van der Waals surface area contributed by atoms with Gasteiger partial charge in [-0.1, -0.05) is 43.0 Å². The minimum atomic E-state index is -0.358. The number of hydrogen-bond acceptors (Lipinski definition) is 4. The van der Waals surface area contributed by atoms with Gasteiger partial charge in [0.25, 0.3) is 5.82 Å². The SMILES string of the molecule is [C-]#[N+]c1[nH]n2c(=O)c(-c3nc4cc(C)ccc4o3)c(C)nc2c1-c1ccccc1. The van der Waals surface area contributed by atoms with E-state index in [4.69, 9.17) is 11.0 Å². The van der Waals surface area contributed by atoms with Crippen molar-refractivity contribution in [3.8, 4) is 22.6 Å². The summed E-state index contributed by atoms with van der Waals surface area (Å²) in [6, 6.07) is 15.1. The van der Waals surface area contributed by atoms with Crippen LogP contribution in [0.1, 0.15) is 11.3 Å². The maximum atomic E-state index is 13.3. The maximum Gasteiger partial charge on any atom is 0.301 e. The van der Waals surface area contributed by atoms with Crippen LogP contribution in [-0.4, -0.2) is 19.6 Å². The Morgan fingerprint density at radius 2 is 1.86 bits per heavy atom. The lowest BCUT2D eigenvalue weighted by atomic mass is 10.1. The highest BCUT2D eigenvalue weighted by atomic mass is 16.3. The lowest BCUT2D eigenvalue weighted by Crippen LogP contribution is -2.19. The molecule has 3 aromatic heterocycles. The molecule has 0 aliphatic rings. The Hall–Kier alpha value is -4.18. The molecule has 0 atom stereocenters. The van der Waals surface area contributed by atoms with Crippen LogP contribution in [0.4, 0.5) is 5.82 Å². The molecule has 5 rings (SSSR count). The van der Waals surface area contributed by atoms with E-state index in [9.17, 15) is 4.79 Å². The molecule has 0 spiro atoms. The fourth-order valence-corrected chi connectivity index (χ4v) is 3.51. The third-order valence-corrected chi connectivity index (χ3v) is 4.87. The number of rotatable bonds is 2. The second-order valence-corrected chi connectivity index (χ2v) is 6.84. The van der Waals surface area contributed by atoms with Gasteiger partial charge in [-0.3, -0.25) is 4.79 Å². The normalized spacial score (nSPS) is 11.2. The first-order chi connectivity index (χ1) is 14.1. The predicted molar refractivity (Wildman–Crippen MR) is 110 cm³/mol. The topological polar surface area (TPSA) is 80.5 Å². The number of aromatic nitrogens is 4. The van der Waals surface area contributed by atoms with Crippen molar-refractivity contribution in [3.05, 3.63) is 81.6 Å². The molecule has 0 fully saturated rings. The number of aryl methyl sites for hydroxylation is 2. The lowest BCUT2D eigenvalue weighted by molar-refractivity contribution is 0.616. The van der Waals surface area contributed by atoms with E-state index in [1.54, 1.807) is 6.92 Å². The van der Waals surface area contributed by atoms with Gasteiger partial charge < -0.3 is 9.26 Å². The minimum absolute atomic E-state index is 0.218. The number of benzene rings is 2. The smallest absolute Gasteiger partial charge is 0.301 e. The zero-order valence-electron chi connectivity index (χ0n) is 15.7. The Balaban J connectivity index is 1.81. The van der Waals surface area contributed by atoms with E-state index in [0.29, 0.717) is 28.0 Å². The van der Waals surface area contributed by atoms with Crippen molar-refractivity contribution in [2.75, 3.05) is 0 Å². The third kappa shape index (κ3) is 2.54. The second-order valence-electron chi connectivity index (χ2n) is 6.84. The van der Waals surface area contributed by atoms with Gasteiger partial charge in [-0.05, 0) is 37.1 Å². The van der Waals surface area contributed by atoms with E-state index < -0.39 is 0 Å². The molecule has 0 unspecified atom stereocenters. The molecule has 0 saturated carbocycles. The Morgan fingerprint density at radius 1 is 1.07 bits per heavy atom. The van der Waals surface area contributed by atoms with Gasteiger partial charge in [0.15, 0.2) is 11.2 Å². The fourth-order valence-electron chi connectivity index (χ4n) is 3.51. The van der Waals surface area contributed by atoms with Gasteiger partial charge in [-0.25, -0.2) is 15.1 Å². The van der Waals surface area contributed by atoms with Crippen molar-refractivity contribution in [2.24, 2.45) is 0 Å². The molecule has 5 aromatic rings. The van der Waals surface area contributed by atoms with Gasteiger partial charge in [0.05, 0.1) is 11.3 Å². The van der Waals surface area contributed by atoms with Gasteiger partial charge in [0, 0.05) is 0 Å². The van der Waals surface area contributed by atoms with Crippen LogP contribution in [0.15, 0.2) is 57.7 Å². The molecule has 7 nitrogen and oxygen atoms in total. The Kier molecular flexibility index (Phi) is 3.61. The van der Waals surface area contributed by atoms with E-state index in [0.717, 1.165) is 11.1 Å². The zero-order valence-corrected chi connectivity index (χ0v) is 15.7. The number of fused-ring (bicyclic) bond motifs is 2. The highest BCUT2D eigenvalue weighted by Crippen LogP contribution is 2.33. The lowest BCUT2D eigenvalue weighted by Gasteiger charge is -2.03. The highest BCUT2D eigenvalue weighted by molar-refractivity contribution is 5.88. The largest absolute Gasteiger partial charge is 0.436 e. The predicted octanol–water partition coefficient (Wildman–Crippen LogP) is 4.67. The third-order valence-electron chi connectivity index (χ3n) is 4.87. The first-order valence-electron chi connectivity index (χ1n) is 9.02. The van der Waals surface area contributed by atoms with Crippen molar-refractivity contribution in [3.63, 3.8) is 0 Å². The molecule has 140 valence electrons. The molecule has 7 heteroatoms. The zero-order chi connectivity index (χ0) is 20.1. The summed E-state index contributed by atoms with van der Waals surface area (Å²) in [6.07, 6.45) is 0. The Morgan fingerprint density at radius 3 is 2.62 bits per heavy atom. The van der Waals surface area contributed by atoms with Gasteiger partial charge in [-0.15, -0.1) is 4.52 Å². The summed E-state index contributed by atoms with van der Waals surface area (Å²) in [5.74, 6) is 0.473. The van der Waals surface area contributed by atoms with E-state index >= 15 is 0 Å². The summed E-state index contributed by atoms with van der Waals surface area (Å²) in [5, 5.41) is 2.88. The van der Waals surface area contributed by atoms with Crippen molar-refractivity contribution in [1.29, 1.82) is 0 Å². The van der Waals surface area contributed by atoms with Crippen LogP contribution < -0.4 is 5.56 Å². The number of nitrogens with zero attached hydrogens (tertiary/aromatic N) is 4. The summed E-state index contributed by atoms with van der Waals surface area (Å²) >= 11 is 0. The van der Waals surface area contributed by atoms with Crippen LogP contribution in [0.5, 0.6) is 0 Å². The molecule has 0 amide bonds. The van der Waals surface area contributed by atoms with Crippen LogP contribution in [0.25, 0.3) is 44.2 Å². The molecule has 0 aliphatic carbocycles. The first kappa shape index (κ1) is 17.0. The molecule has 29 heavy (non-hydrogen) atoms. The van der Waals surface area contributed by atoms with E-state index in [2.05, 4.69) is 19.9 Å². The van der Waals surface area contributed by atoms with E-state index in [1.165, 1.54) is 4.52 Å². The second kappa shape index (κ2) is 6.17. The Labute approximate surface area is 165 Å². The fraction of sp³-hybridized carbons (Fsp3) is 0.0909. The summed E-state index contributed by atoms with van der Waals surface area (Å²) in [7, 11) is 0. The summed E-state index contributed by atoms with van der Waals surface area (Å²) in [6.45, 7) is 11.2. The molecule has 0 radical (unpaired) electrons. The molecule has 2 aromatic carbocycles. The molecule has 0 bridgehead atoms. The molecule has 0 saturated heterocycles. The van der Waals surface area contributed by atoms with Gasteiger partial charge in [-0.2, -0.15) is 0 Å². The molecule has 1 N–H and O–H groups in total.